The number of amides is 1. The highest BCUT2D eigenvalue weighted by Crippen LogP contribution is 2.22. The van der Waals surface area contributed by atoms with Gasteiger partial charge >= 0.3 is 0 Å². The second-order valence-corrected chi connectivity index (χ2v) is 4.43. The summed E-state index contributed by atoms with van der Waals surface area (Å²) in [6.45, 7) is 3.84. The molecule has 5 heteroatoms. The molecule has 0 heterocycles. The van der Waals surface area contributed by atoms with Gasteiger partial charge in [-0.2, -0.15) is 0 Å². The molecule has 3 N–H and O–H groups in total. The van der Waals surface area contributed by atoms with Crippen molar-refractivity contribution >= 4 is 23.2 Å². The predicted octanol–water partition coefficient (Wildman–Crippen LogP) is 2.79. The van der Waals surface area contributed by atoms with E-state index in [0.717, 1.165) is 6.42 Å². The van der Waals surface area contributed by atoms with E-state index in [1.165, 1.54) is 18.2 Å². The summed E-state index contributed by atoms with van der Waals surface area (Å²) in [6, 6.07) is 3.16. The van der Waals surface area contributed by atoms with Gasteiger partial charge in [0.15, 0.2) is 0 Å². The van der Waals surface area contributed by atoms with Crippen LogP contribution in [0.1, 0.15) is 20.3 Å². The minimum absolute atomic E-state index is 0.0577. The normalized spacial score (nSPS) is 14.2. The Balaban J connectivity index is 2.77. The van der Waals surface area contributed by atoms with Crippen LogP contribution in [0.2, 0.25) is 5.02 Å². The van der Waals surface area contributed by atoms with E-state index in [9.17, 15) is 9.18 Å². The molecule has 94 valence electrons. The number of carbonyl (C=O) groups excluding carboxylic acids is 1. The van der Waals surface area contributed by atoms with Gasteiger partial charge in [0, 0.05) is 0 Å². The highest BCUT2D eigenvalue weighted by atomic mass is 35.5. The number of benzene rings is 1. The zero-order valence-electron chi connectivity index (χ0n) is 9.84. The van der Waals surface area contributed by atoms with Crippen molar-refractivity contribution in [2.75, 3.05) is 5.32 Å². The molecule has 3 nitrogen and oxygen atoms in total. The van der Waals surface area contributed by atoms with Crippen molar-refractivity contribution in [2.24, 2.45) is 11.7 Å². The van der Waals surface area contributed by atoms with Crippen LogP contribution in [0.15, 0.2) is 18.2 Å². The van der Waals surface area contributed by atoms with Gasteiger partial charge in [-0.15, -0.1) is 0 Å². The number of hydrogen-bond donors (Lipinski definition) is 2. The van der Waals surface area contributed by atoms with Crippen LogP contribution in [0, 0.1) is 11.7 Å². The predicted molar refractivity (Wildman–Crippen MR) is 67.5 cm³/mol. The van der Waals surface area contributed by atoms with Crippen LogP contribution in [0.3, 0.4) is 0 Å². The maximum atomic E-state index is 13.0. The first-order chi connectivity index (χ1) is 7.95. The number of nitrogens with two attached hydrogens (primary N) is 1. The zero-order valence-corrected chi connectivity index (χ0v) is 10.6. The molecule has 1 rings (SSSR count). The third kappa shape index (κ3) is 3.68. The van der Waals surface area contributed by atoms with Crippen LogP contribution in [-0.4, -0.2) is 11.9 Å². The number of halogens is 2. The van der Waals surface area contributed by atoms with Crippen LogP contribution < -0.4 is 11.1 Å². The molecule has 0 saturated heterocycles. The van der Waals surface area contributed by atoms with Gasteiger partial charge in [-0.3, -0.25) is 4.79 Å². The van der Waals surface area contributed by atoms with E-state index >= 15 is 0 Å². The fourth-order valence-electron chi connectivity index (χ4n) is 1.32. The first-order valence-electron chi connectivity index (χ1n) is 5.47. The fraction of sp³-hybridized carbons (Fsp3) is 0.417. The van der Waals surface area contributed by atoms with Gasteiger partial charge in [-0.1, -0.05) is 31.9 Å². The molecule has 17 heavy (non-hydrogen) atoms. The molecule has 1 aromatic carbocycles. The lowest BCUT2D eigenvalue weighted by Gasteiger charge is -2.18. The SMILES string of the molecule is CCC(C)[C@H](N)C(=O)Nc1cc(F)ccc1Cl. The largest absolute Gasteiger partial charge is 0.323 e. The smallest absolute Gasteiger partial charge is 0.241 e. The van der Waals surface area contributed by atoms with E-state index in [1.54, 1.807) is 0 Å². The minimum Gasteiger partial charge on any atom is -0.323 e. The van der Waals surface area contributed by atoms with Crippen molar-refractivity contribution < 1.29 is 9.18 Å². The lowest BCUT2D eigenvalue weighted by molar-refractivity contribution is -0.118. The van der Waals surface area contributed by atoms with E-state index < -0.39 is 11.9 Å². The summed E-state index contributed by atoms with van der Waals surface area (Å²) in [7, 11) is 0. The molecule has 0 radical (unpaired) electrons. The van der Waals surface area contributed by atoms with Crippen LogP contribution in [0.25, 0.3) is 0 Å². The summed E-state index contributed by atoms with van der Waals surface area (Å²) in [6.07, 6.45) is 0.797. The summed E-state index contributed by atoms with van der Waals surface area (Å²) in [4.78, 5) is 11.8. The van der Waals surface area contributed by atoms with E-state index in [4.69, 9.17) is 17.3 Å². The molecule has 0 saturated carbocycles. The van der Waals surface area contributed by atoms with Gasteiger partial charge < -0.3 is 11.1 Å². The van der Waals surface area contributed by atoms with Crippen LogP contribution in [0.4, 0.5) is 10.1 Å². The Hall–Kier alpha value is -1.13. The molecule has 0 fully saturated rings. The van der Waals surface area contributed by atoms with Crippen molar-refractivity contribution in [1.29, 1.82) is 0 Å². The van der Waals surface area contributed by atoms with E-state index in [1.807, 2.05) is 13.8 Å². The maximum Gasteiger partial charge on any atom is 0.241 e. The summed E-state index contributed by atoms with van der Waals surface area (Å²) >= 11 is 5.84. The molecule has 0 spiro atoms. The molecule has 1 unspecified atom stereocenters. The maximum absolute atomic E-state index is 13.0. The average molecular weight is 259 g/mol. The molecule has 0 aromatic heterocycles. The number of nitrogens with one attached hydrogen (secondary N) is 1. The lowest BCUT2D eigenvalue weighted by atomic mass is 9.99. The van der Waals surface area contributed by atoms with E-state index in [0.29, 0.717) is 0 Å². The van der Waals surface area contributed by atoms with Crippen molar-refractivity contribution in [3.8, 4) is 0 Å². The molecule has 2 atom stereocenters. The Labute approximate surface area is 105 Å². The first kappa shape index (κ1) is 13.9. The van der Waals surface area contributed by atoms with E-state index in [2.05, 4.69) is 5.32 Å². The Kier molecular flexibility index (Phi) is 4.90. The monoisotopic (exact) mass is 258 g/mol. The molecule has 0 aliphatic heterocycles. The quantitative estimate of drug-likeness (QED) is 0.873. The Bertz CT molecular complexity index is 411. The number of anilines is 1. The van der Waals surface area contributed by atoms with Gasteiger partial charge in [0.25, 0.3) is 0 Å². The third-order valence-corrected chi connectivity index (χ3v) is 3.08. The second kappa shape index (κ2) is 5.98. The fourth-order valence-corrected chi connectivity index (χ4v) is 1.49. The summed E-state index contributed by atoms with van der Waals surface area (Å²) < 4.78 is 13.0. The number of carbonyl (C=O) groups is 1. The first-order valence-corrected chi connectivity index (χ1v) is 5.85. The van der Waals surface area contributed by atoms with Gasteiger partial charge in [0.1, 0.15) is 5.82 Å². The molecular formula is C12H16ClFN2O. The molecule has 0 aliphatic rings. The van der Waals surface area contributed by atoms with Crippen molar-refractivity contribution in [2.45, 2.75) is 26.3 Å². The highest BCUT2D eigenvalue weighted by Gasteiger charge is 2.20. The van der Waals surface area contributed by atoms with Gasteiger partial charge in [0.05, 0.1) is 16.8 Å². The van der Waals surface area contributed by atoms with E-state index in [-0.39, 0.29) is 22.5 Å². The number of rotatable bonds is 4. The van der Waals surface area contributed by atoms with Crippen molar-refractivity contribution in [1.82, 2.24) is 0 Å². The molecule has 1 aromatic rings. The van der Waals surface area contributed by atoms with Gasteiger partial charge in [0.2, 0.25) is 5.91 Å². The van der Waals surface area contributed by atoms with Gasteiger partial charge in [-0.25, -0.2) is 4.39 Å². The molecule has 0 aliphatic carbocycles. The van der Waals surface area contributed by atoms with Crippen LogP contribution >= 0.6 is 11.6 Å². The van der Waals surface area contributed by atoms with Crippen molar-refractivity contribution in [3.63, 3.8) is 0 Å². The Morgan fingerprint density at radius 2 is 2.24 bits per heavy atom. The third-order valence-electron chi connectivity index (χ3n) is 2.75. The second-order valence-electron chi connectivity index (χ2n) is 4.02. The molecular weight excluding hydrogens is 243 g/mol. The number of hydrogen-bond acceptors (Lipinski definition) is 2. The molecule has 1 amide bonds. The van der Waals surface area contributed by atoms with Gasteiger partial charge in [-0.05, 0) is 24.1 Å². The van der Waals surface area contributed by atoms with Crippen LogP contribution in [0.5, 0.6) is 0 Å². The minimum atomic E-state index is -0.626. The summed E-state index contributed by atoms with van der Waals surface area (Å²) in [5.74, 6) is -0.754. The Morgan fingerprint density at radius 3 is 2.82 bits per heavy atom. The molecule has 0 bridgehead atoms. The highest BCUT2D eigenvalue weighted by molar-refractivity contribution is 6.33. The van der Waals surface area contributed by atoms with Crippen molar-refractivity contribution in [3.05, 3.63) is 29.0 Å². The van der Waals surface area contributed by atoms with Crippen LogP contribution in [-0.2, 0) is 4.79 Å². The average Bonchev–Trinajstić information content (AvgIpc) is 2.31. The summed E-state index contributed by atoms with van der Waals surface area (Å²) in [5.41, 5.74) is 6.00. The topological polar surface area (TPSA) is 55.1 Å². The standard InChI is InChI=1S/C12H16ClFN2O/c1-3-7(2)11(15)12(17)16-10-6-8(14)4-5-9(10)13/h4-7,11H,3,15H2,1-2H3,(H,16,17)/t7?,11-/m0/s1. The summed E-state index contributed by atoms with van der Waals surface area (Å²) in [5, 5.41) is 2.82. The lowest BCUT2D eigenvalue weighted by Crippen LogP contribution is -2.40. The zero-order chi connectivity index (χ0) is 13.0. The Morgan fingerprint density at radius 1 is 1.59 bits per heavy atom.